The average molecular weight is 345 g/mol. The molecular weight excluding hydrogens is 324 g/mol. The highest BCUT2D eigenvalue weighted by Gasteiger charge is 2.17. The highest BCUT2D eigenvalue weighted by Crippen LogP contribution is 2.26. The fourth-order valence-electron chi connectivity index (χ4n) is 3.74. The van der Waals surface area contributed by atoms with Gasteiger partial charge < -0.3 is 9.88 Å². The maximum absolute atomic E-state index is 13.0. The van der Waals surface area contributed by atoms with E-state index in [0.717, 1.165) is 29.6 Å². The van der Waals surface area contributed by atoms with Gasteiger partial charge in [0.15, 0.2) is 0 Å². The molecule has 1 aromatic carbocycles. The minimum Gasteiger partial charge on any atom is -0.314 e. The summed E-state index contributed by atoms with van der Waals surface area (Å²) in [7, 11) is 0. The van der Waals surface area contributed by atoms with Crippen LogP contribution in [0.3, 0.4) is 0 Å². The van der Waals surface area contributed by atoms with Crippen LogP contribution in [-0.4, -0.2) is 27.4 Å². The molecule has 0 saturated carbocycles. The molecule has 0 radical (unpaired) electrons. The van der Waals surface area contributed by atoms with Gasteiger partial charge in [-0.3, -0.25) is 9.89 Å². The number of fused-ring (bicyclic) bond motifs is 3. The second-order valence-corrected chi connectivity index (χ2v) is 7.06. The van der Waals surface area contributed by atoms with Gasteiger partial charge in [-0.1, -0.05) is 18.0 Å². The first-order chi connectivity index (χ1) is 11.6. The molecule has 2 aromatic heterocycles. The van der Waals surface area contributed by atoms with Crippen molar-refractivity contribution in [3.05, 3.63) is 39.3 Å². The number of aromatic nitrogens is 3. The number of halogens is 1. The van der Waals surface area contributed by atoms with Crippen LogP contribution >= 0.6 is 11.6 Å². The quantitative estimate of drug-likeness (QED) is 0.765. The molecular formula is C18H21ClN4O. The summed E-state index contributed by atoms with van der Waals surface area (Å²) in [4.78, 5) is 13.0. The maximum Gasteiger partial charge on any atom is 0.262 e. The van der Waals surface area contributed by atoms with Gasteiger partial charge >= 0.3 is 0 Å². The van der Waals surface area contributed by atoms with Crippen LogP contribution in [0.4, 0.5) is 0 Å². The van der Waals surface area contributed by atoms with Gasteiger partial charge in [0.1, 0.15) is 5.52 Å². The van der Waals surface area contributed by atoms with Gasteiger partial charge in [0.25, 0.3) is 5.56 Å². The molecule has 1 aliphatic rings. The molecule has 1 fully saturated rings. The Morgan fingerprint density at radius 1 is 1.38 bits per heavy atom. The van der Waals surface area contributed by atoms with E-state index >= 15 is 0 Å². The van der Waals surface area contributed by atoms with Crippen molar-refractivity contribution >= 4 is 33.4 Å². The molecule has 0 spiro atoms. The largest absolute Gasteiger partial charge is 0.314 e. The highest BCUT2D eigenvalue weighted by molar-refractivity contribution is 6.31. The molecule has 4 rings (SSSR count). The van der Waals surface area contributed by atoms with E-state index in [1.165, 1.54) is 19.3 Å². The fourth-order valence-corrected chi connectivity index (χ4v) is 3.91. The number of nitrogens with one attached hydrogen (secondary N) is 2. The summed E-state index contributed by atoms with van der Waals surface area (Å²) in [5.41, 5.74) is 2.45. The van der Waals surface area contributed by atoms with E-state index in [4.69, 9.17) is 11.6 Å². The van der Waals surface area contributed by atoms with E-state index in [1.807, 2.05) is 29.7 Å². The summed E-state index contributed by atoms with van der Waals surface area (Å²) in [6.45, 7) is 3.67. The Bertz CT molecular complexity index is 953. The molecule has 1 aliphatic heterocycles. The Kier molecular flexibility index (Phi) is 4.06. The SMILES string of the molecule is Cc1[nH]nc2c1c(=O)n(CCC1CCCCN1)c1ccc(Cl)cc21. The third-order valence-corrected chi connectivity index (χ3v) is 5.26. The summed E-state index contributed by atoms with van der Waals surface area (Å²) < 4.78 is 1.88. The second kappa shape index (κ2) is 6.22. The standard InChI is InChI=1S/C18H21ClN4O/c1-11-16-17(22-21-11)14-10-12(19)5-6-15(14)23(18(16)24)9-7-13-4-2-3-8-20-13/h5-6,10,13,20H,2-4,7-9H2,1H3,(H,21,22). The normalized spacial score (nSPS) is 18.5. The highest BCUT2D eigenvalue weighted by atomic mass is 35.5. The van der Waals surface area contributed by atoms with Crippen LogP contribution < -0.4 is 10.9 Å². The number of rotatable bonds is 3. The fraction of sp³-hybridized carbons (Fsp3) is 0.444. The number of piperidine rings is 1. The molecule has 3 heterocycles. The Morgan fingerprint density at radius 2 is 2.25 bits per heavy atom. The van der Waals surface area contributed by atoms with Gasteiger partial charge in [0.2, 0.25) is 0 Å². The Hall–Kier alpha value is -1.85. The van der Waals surface area contributed by atoms with Crippen molar-refractivity contribution in [2.24, 2.45) is 0 Å². The van der Waals surface area contributed by atoms with E-state index < -0.39 is 0 Å². The van der Waals surface area contributed by atoms with E-state index in [9.17, 15) is 4.79 Å². The van der Waals surface area contributed by atoms with Gasteiger partial charge in [-0.05, 0) is 50.9 Å². The predicted octanol–water partition coefficient (Wildman–Crippen LogP) is 3.37. The molecule has 6 heteroatoms. The third-order valence-electron chi connectivity index (χ3n) is 5.02. The number of pyridine rings is 1. The molecule has 5 nitrogen and oxygen atoms in total. The van der Waals surface area contributed by atoms with E-state index in [1.54, 1.807) is 0 Å². The number of nitrogens with zero attached hydrogens (tertiary/aromatic N) is 2. The van der Waals surface area contributed by atoms with E-state index in [-0.39, 0.29) is 5.56 Å². The van der Waals surface area contributed by atoms with Crippen molar-refractivity contribution in [3.63, 3.8) is 0 Å². The van der Waals surface area contributed by atoms with Gasteiger partial charge in [0, 0.05) is 28.7 Å². The average Bonchev–Trinajstić information content (AvgIpc) is 2.98. The lowest BCUT2D eigenvalue weighted by Crippen LogP contribution is -2.35. The van der Waals surface area contributed by atoms with Crippen LogP contribution in [0.5, 0.6) is 0 Å². The molecule has 24 heavy (non-hydrogen) atoms. The summed E-state index contributed by atoms with van der Waals surface area (Å²) in [5, 5.41) is 13.1. The first-order valence-electron chi connectivity index (χ1n) is 8.55. The Morgan fingerprint density at radius 3 is 3.04 bits per heavy atom. The number of aromatic amines is 1. The zero-order chi connectivity index (χ0) is 16.7. The van der Waals surface area contributed by atoms with Gasteiger partial charge in [-0.15, -0.1) is 0 Å². The number of aryl methyl sites for hydroxylation is 2. The lowest BCUT2D eigenvalue weighted by Gasteiger charge is -2.24. The first-order valence-corrected chi connectivity index (χ1v) is 8.93. The van der Waals surface area contributed by atoms with Gasteiger partial charge in [-0.2, -0.15) is 5.10 Å². The molecule has 126 valence electrons. The van der Waals surface area contributed by atoms with Crippen molar-refractivity contribution in [2.45, 2.75) is 45.2 Å². The number of hydrogen-bond donors (Lipinski definition) is 2. The second-order valence-electron chi connectivity index (χ2n) is 6.63. The lowest BCUT2D eigenvalue weighted by molar-refractivity contribution is 0.367. The van der Waals surface area contributed by atoms with Crippen LogP contribution in [0.15, 0.2) is 23.0 Å². The molecule has 3 aromatic rings. The number of hydrogen-bond acceptors (Lipinski definition) is 3. The van der Waals surface area contributed by atoms with Gasteiger partial charge in [0.05, 0.1) is 10.9 Å². The topological polar surface area (TPSA) is 62.7 Å². The van der Waals surface area contributed by atoms with Crippen molar-refractivity contribution in [2.75, 3.05) is 6.54 Å². The molecule has 1 unspecified atom stereocenters. The minimum absolute atomic E-state index is 0.0295. The smallest absolute Gasteiger partial charge is 0.262 e. The van der Waals surface area contributed by atoms with Crippen LogP contribution in [0, 0.1) is 6.92 Å². The lowest BCUT2D eigenvalue weighted by atomic mass is 10.0. The first kappa shape index (κ1) is 15.7. The molecule has 1 atom stereocenters. The van der Waals surface area contributed by atoms with E-state index in [0.29, 0.717) is 28.5 Å². The van der Waals surface area contributed by atoms with Gasteiger partial charge in [-0.25, -0.2) is 0 Å². The minimum atomic E-state index is 0.0295. The molecule has 0 amide bonds. The molecule has 1 saturated heterocycles. The monoisotopic (exact) mass is 344 g/mol. The zero-order valence-corrected chi connectivity index (χ0v) is 14.5. The number of benzene rings is 1. The molecule has 2 N–H and O–H groups in total. The Balaban J connectivity index is 1.84. The molecule has 0 bridgehead atoms. The van der Waals surface area contributed by atoms with E-state index in [2.05, 4.69) is 15.5 Å². The summed E-state index contributed by atoms with van der Waals surface area (Å²) in [6.07, 6.45) is 4.66. The number of H-pyrrole nitrogens is 1. The van der Waals surface area contributed by atoms with Crippen molar-refractivity contribution in [1.29, 1.82) is 0 Å². The molecule has 0 aliphatic carbocycles. The van der Waals surface area contributed by atoms with Crippen LogP contribution in [0.1, 0.15) is 31.4 Å². The summed E-state index contributed by atoms with van der Waals surface area (Å²) in [5.74, 6) is 0. The van der Waals surface area contributed by atoms with Crippen molar-refractivity contribution in [3.8, 4) is 0 Å². The van der Waals surface area contributed by atoms with Crippen LogP contribution in [0.25, 0.3) is 21.8 Å². The maximum atomic E-state index is 13.0. The summed E-state index contributed by atoms with van der Waals surface area (Å²) in [6, 6.07) is 6.16. The third kappa shape index (κ3) is 2.62. The van der Waals surface area contributed by atoms with Crippen LogP contribution in [0.2, 0.25) is 5.02 Å². The Labute approximate surface area is 145 Å². The van der Waals surface area contributed by atoms with Crippen molar-refractivity contribution < 1.29 is 0 Å². The summed E-state index contributed by atoms with van der Waals surface area (Å²) >= 11 is 6.18. The van der Waals surface area contributed by atoms with Crippen molar-refractivity contribution in [1.82, 2.24) is 20.1 Å². The van der Waals surface area contributed by atoms with Crippen LogP contribution in [-0.2, 0) is 6.54 Å². The zero-order valence-electron chi connectivity index (χ0n) is 13.7. The predicted molar refractivity (Wildman–Crippen MR) is 97.9 cm³/mol.